The maximum absolute atomic E-state index is 12.6. The number of amides is 2. The fourth-order valence-corrected chi connectivity index (χ4v) is 6.07. The van der Waals surface area contributed by atoms with Crippen LogP contribution in [0, 0.1) is 17.8 Å². The zero-order valence-corrected chi connectivity index (χ0v) is 16.5. The maximum atomic E-state index is 12.6. The van der Waals surface area contributed by atoms with Gasteiger partial charge >= 0.3 is 11.8 Å². The molecule has 0 unspecified atom stereocenters. The molecule has 0 heterocycles. The summed E-state index contributed by atoms with van der Waals surface area (Å²) in [6.45, 7) is 0. The van der Waals surface area contributed by atoms with E-state index in [9.17, 15) is 9.59 Å². The second kappa shape index (κ2) is 7.21. The minimum Gasteiger partial charge on any atom is -0.356 e. The molecule has 2 aromatic carbocycles. The van der Waals surface area contributed by atoms with Crippen LogP contribution in [0.25, 0.3) is 0 Å². The first-order chi connectivity index (χ1) is 14.1. The monoisotopic (exact) mass is 389 g/mol. The largest absolute Gasteiger partial charge is 0.356 e. The van der Waals surface area contributed by atoms with Crippen molar-refractivity contribution >= 4 is 28.9 Å². The Bertz CT molecular complexity index is 872. The highest BCUT2D eigenvalue weighted by Gasteiger charge is 2.51. The van der Waals surface area contributed by atoms with Gasteiger partial charge in [0.15, 0.2) is 0 Å². The molecule has 0 spiro atoms. The second-order valence-electron chi connectivity index (χ2n) is 9.17. The molecule has 0 saturated heterocycles. The summed E-state index contributed by atoms with van der Waals surface area (Å²) in [4.78, 5) is 25.1. The van der Waals surface area contributed by atoms with Crippen molar-refractivity contribution < 1.29 is 9.59 Å². The molecule has 4 aliphatic rings. The average Bonchev–Trinajstić information content (AvgIpc) is 2.69. The Hall–Kier alpha value is -2.82. The molecule has 4 fully saturated rings. The third-order valence-corrected chi connectivity index (χ3v) is 6.83. The summed E-state index contributed by atoms with van der Waals surface area (Å²) in [7, 11) is 0. The Morgan fingerprint density at radius 3 is 1.79 bits per heavy atom. The van der Waals surface area contributed by atoms with Gasteiger partial charge in [-0.3, -0.25) is 9.59 Å². The van der Waals surface area contributed by atoms with Crippen molar-refractivity contribution in [2.75, 3.05) is 10.6 Å². The molecule has 5 nitrogen and oxygen atoms in total. The molecule has 4 aliphatic carbocycles. The molecule has 0 radical (unpaired) electrons. The van der Waals surface area contributed by atoms with Crippen LogP contribution in [0.1, 0.15) is 38.5 Å². The van der Waals surface area contributed by atoms with Crippen molar-refractivity contribution in [3.63, 3.8) is 0 Å². The zero-order chi connectivity index (χ0) is 19.8. The highest BCUT2D eigenvalue weighted by atomic mass is 16.2. The molecular formula is C24H27N3O2. The number of rotatable bonds is 4. The fourth-order valence-electron chi connectivity index (χ4n) is 6.07. The third kappa shape index (κ3) is 3.86. The van der Waals surface area contributed by atoms with E-state index in [1.807, 2.05) is 42.5 Å². The lowest BCUT2D eigenvalue weighted by atomic mass is 9.53. The van der Waals surface area contributed by atoms with Gasteiger partial charge in [-0.1, -0.05) is 18.2 Å². The van der Waals surface area contributed by atoms with E-state index in [1.54, 1.807) is 12.1 Å². The summed E-state index contributed by atoms with van der Waals surface area (Å²) < 4.78 is 0. The molecular weight excluding hydrogens is 362 g/mol. The molecule has 150 valence electrons. The van der Waals surface area contributed by atoms with Crippen LogP contribution in [0.3, 0.4) is 0 Å². The highest BCUT2D eigenvalue weighted by molar-refractivity contribution is 6.39. The van der Waals surface area contributed by atoms with E-state index >= 15 is 0 Å². The van der Waals surface area contributed by atoms with Crippen molar-refractivity contribution in [2.45, 2.75) is 44.1 Å². The molecule has 0 aliphatic heterocycles. The molecule has 4 saturated carbocycles. The highest BCUT2D eigenvalue weighted by Crippen LogP contribution is 2.55. The molecule has 5 heteroatoms. The maximum Gasteiger partial charge on any atom is 0.313 e. The SMILES string of the molecule is O=C(Nc1ccc(Nc2ccccc2)cc1)C(=O)NC12CC3CC(CC(C3)C1)C2. The van der Waals surface area contributed by atoms with Crippen LogP contribution in [-0.4, -0.2) is 17.4 Å². The minimum absolute atomic E-state index is 0.146. The van der Waals surface area contributed by atoms with E-state index < -0.39 is 11.8 Å². The van der Waals surface area contributed by atoms with Crippen LogP contribution in [-0.2, 0) is 9.59 Å². The van der Waals surface area contributed by atoms with Crippen molar-refractivity contribution in [2.24, 2.45) is 17.8 Å². The number of hydrogen-bond acceptors (Lipinski definition) is 3. The topological polar surface area (TPSA) is 70.2 Å². The van der Waals surface area contributed by atoms with Crippen molar-refractivity contribution in [3.8, 4) is 0 Å². The first-order valence-corrected chi connectivity index (χ1v) is 10.6. The molecule has 4 bridgehead atoms. The van der Waals surface area contributed by atoms with Gasteiger partial charge in [0, 0.05) is 22.6 Å². The second-order valence-corrected chi connectivity index (χ2v) is 9.17. The van der Waals surface area contributed by atoms with Crippen LogP contribution < -0.4 is 16.0 Å². The molecule has 2 amide bonds. The molecule has 6 rings (SSSR count). The van der Waals surface area contributed by atoms with Crippen LogP contribution in [0.15, 0.2) is 54.6 Å². The van der Waals surface area contributed by atoms with E-state index in [4.69, 9.17) is 0 Å². The van der Waals surface area contributed by atoms with Gasteiger partial charge in [0.25, 0.3) is 0 Å². The van der Waals surface area contributed by atoms with Crippen molar-refractivity contribution in [1.29, 1.82) is 0 Å². The van der Waals surface area contributed by atoms with E-state index in [-0.39, 0.29) is 5.54 Å². The number of carbonyl (C=O) groups is 2. The Morgan fingerprint density at radius 1 is 0.690 bits per heavy atom. The van der Waals surface area contributed by atoms with Gasteiger partial charge in [0.2, 0.25) is 0 Å². The Labute approximate surface area is 171 Å². The van der Waals surface area contributed by atoms with Gasteiger partial charge in [-0.05, 0) is 92.7 Å². The predicted molar refractivity (Wildman–Crippen MR) is 114 cm³/mol. The summed E-state index contributed by atoms with van der Waals surface area (Å²) in [6.07, 6.45) is 7.05. The van der Waals surface area contributed by atoms with Gasteiger partial charge in [-0.25, -0.2) is 0 Å². The molecule has 0 atom stereocenters. The lowest BCUT2D eigenvalue weighted by molar-refractivity contribution is -0.139. The Kier molecular flexibility index (Phi) is 4.53. The van der Waals surface area contributed by atoms with Crippen molar-refractivity contribution in [1.82, 2.24) is 5.32 Å². The van der Waals surface area contributed by atoms with Gasteiger partial charge in [0.1, 0.15) is 0 Å². The normalized spacial score (nSPS) is 29.3. The number of benzene rings is 2. The number of hydrogen-bond donors (Lipinski definition) is 3. The number of nitrogens with one attached hydrogen (secondary N) is 3. The first-order valence-electron chi connectivity index (χ1n) is 10.6. The van der Waals surface area contributed by atoms with E-state index in [0.29, 0.717) is 5.69 Å². The van der Waals surface area contributed by atoms with Crippen molar-refractivity contribution in [3.05, 3.63) is 54.6 Å². The average molecular weight is 389 g/mol. The zero-order valence-electron chi connectivity index (χ0n) is 16.5. The summed E-state index contributed by atoms with van der Waals surface area (Å²) in [5.74, 6) is 1.11. The predicted octanol–water partition coefficient (Wildman–Crippen LogP) is 4.45. The van der Waals surface area contributed by atoms with Crippen LogP contribution in [0.2, 0.25) is 0 Å². The first kappa shape index (κ1) is 18.2. The summed E-state index contributed by atoms with van der Waals surface area (Å²) in [6, 6.07) is 17.3. The lowest BCUT2D eigenvalue weighted by Crippen LogP contribution is -2.61. The molecule has 0 aromatic heterocycles. The molecule has 2 aromatic rings. The quantitative estimate of drug-likeness (QED) is 0.677. The van der Waals surface area contributed by atoms with Crippen LogP contribution in [0.5, 0.6) is 0 Å². The lowest BCUT2D eigenvalue weighted by Gasteiger charge is -2.56. The number of carbonyl (C=O) groups excluding carboxylic acids is 2. The van der Waals surface area contributed by atoms with Gasteiger partial charge < -0.3 is 16.0 Å². The van der Waals surface area contributed by atoms with Crippen LogP contribution in [0.4, 0.5) is 17.1 Å². The summed E-state index contributed by atoms with van der Waals surface area (Å²) >= 11 is 0. The third-order valence-electron chi connectivity index (χ3n) is 6.83. The number of anilines is 3. The van der Waals surface area contributed by atoms with E-state index in [2.05, 4.69) is 16.0 Å². The minimum atomic E-state index is -0.579. The van der Waals surface area contributed by atoms with Gasteiger partial charge in [-0.2, -0.15) is 0 Å². The summed E-state index contributed by atoms with van der Waals surface area (Å²) in [5.41, 5.74) is 2.40. The van der Waals surface area contributed by atoms with E-state index in [0.717, 1.165) is 48.4 Å². The fraction of sp³-hybridized carbons (Fsp3) is 0.417. The molecule has 3 N–H and O–H groups in total. The molecule has 29 heavy (non-hydrogen) atoms. The standard InChI is InChI=1S/C24H27N3O2/c28-22(23(29)27-24-13-16-10-17(14-24)12-18(11-16)15-24)26-21-8-6-20(7-9-21)25-19-4-2-1-3-5-19/h1-9,16-18,25H,10-15H2,(H,26,28)(H,27,29). The smallest absolute Gasteiger partial charge is 0.313 e. The van der Waals surface area contributed by atoms with Crippen LogP contribution >= 0.6 is 0 Å². The Morgan fingerprint density at radius 2 is 1.21 bits per heavy atom. The summed E-state index contributed by atoms with van der Waals surface area (Å²) in [5, 5.41) is 9.16. The van der Waals surface area contributed by atoms with E-state index in [1.165, 1.54) is 19.3 Å². The van der Waals surface area contributed by atoms with Gasteiger partial charge in [-0.15, -0.1) is 0 Å². The van der Waals surface area contributed by atoms with Gasteiger partial charge in [0.05, 0.1) is 0 Å². The Balaban J connectivity index is 1.19. The number of para-hydroxylation sites is 1.